The lowest BCUT2D eigenvalue weighted by Gasteiger charge is -2.35. The lowest BCUT2D eigenvalue weighted by atomic mass is 10.1. The van der Waals surface area contributed by atoms with Crippen LogP contribution in [0, 0.1) is 12.7 Å². The maximum atomic E-state index is 12.9. The predicted molar refractivity (Wildman–Crippen MR) is 108 cm³/mol. The van der Waals surface area contributed by atoms with Crippen LogP contribution in [0.25, 0.3) is 0 Å². The molecule has 0 bridgehead atoms. The maximum Gasteiger partial charge on any atom is 0.317 e. The molecule has 0 unspecified atom stereocenters. The van der Waals surface area contributed by atoms with Crippen LogP contribution in [-0.4, -0.2) is 53.6 Å². The average molecular weight is 385 g/mol. The van der Waals surface area contributed by atoms with Gasteiger partial charge < -0.3 is 15.1 Å². The molecule has 1 aromatic heterocycles. The van der Waals surface area contributed by atoms with Crippen molar-refractivity contribution in [2.24, 2.45) is 0 Å². The van der Waals surface area contributed by atoms with Crippen molar-refractivity contribution in [3.63, 3.8) is 0 Å². The van der Waals surface area contributed by atoms with E-state index in [1.165, 1.54) is 12.1 Å². The number of halogens is 1. The molecule has 28 heavy (non-hydrogen) atoms. The molecule has 1 aliphatic rings. The number of carbonyl (C=O) groups excluding carboxylic acids is 1. The number of anilines is 1. The highest BCUT2D eigenvalue weighted by Crippen LogP contribution is 2.18. The summed E-state index contributed by atoms with van der Waals surface area (Å²) in [6.45, 7) is 9.51. The molecule has 7 heteroatoms. The molecule has 6 nitrogen and oxygen atoms in total. The molecule has 1 aliphatic heterocycles. The monoisotopic (exact) mass is 385 g/mol. The second-order valence-corrected chi connectivity index (χ2v) is 7.46. The first kappa shape index (κ1) is 20.0. The van der Waals surface area contributed by atoms with Crippen molar-refractivity contribution >= 4 is 11.8 Å². The first-order valence-corrected chi connectivity index (χ1v) is 9.80. The van der Waals surface area contributed by atoms with Crippen molar-refractivity contribution in [1.29, 1.82) is 0 Å². The fraction of sp³-hybridized carbons (Fsp3) is 0.476. The van der Waals surface area contributed by atoms with Gasteiger partial charge in [-0.15, -0.1) is 0 Å². The molecule has 0 saturated carbocycles. The first-order valence-electron chi connectivity index (χ1n) is 9.80. The third kappa shape index (κ3) is 5.18. The number of carbonyl (C=O) groups is 1. The Labute approximate surface area is 165 Å². The Kier molecular flexibility index (Phi) is 6.44. The van der Waals surface area contributed by atoms with E-state index in [0.717, 1.165) is 36.0 Å². The molecule has 1 saturated heterocycles. The molecule has 1 fully saturated rings. The fourth-order valence-corrected chi connectivity index (χ4v) is 3.21. The van der Waals surface area contributed by atoms with Gasteiger partial charge >= 0.3 is 6.03 Å². The molecule has 2 heterocycles. The highest BCUT2D eigenvalue weighted by molar-refractivity contribution is 5.74. The quantitative estimate of drug-likeness (QED) is 0.859. The second-order valence-electron chi connectivity index (χ2n) is 7.46. The highest BCUT2D eigenvalue weighted by Gasteiger charge is 2.22. The van der Waals surface area contributed by atoms with Crippen LogP contribution < -0.4 is 10.2 Å². The Morgan fingerprint density at radius 2 is 1.82 bits per heavy atom. The zero-order valence-electron chi connectivity index (χ0n) is 16.8. The number of aryl methyl sites for hydroxylation is 1. The van der Waals surface area contributed by atoms with E-state index < -0.39 is 0 Å². The lowest BCUT2D eigenvalue weighted by Crippen LogP contribution is -2.52. The van der Waals surface area contributed by atoms with Gasteiger partial charge in [-0.25, -0.2) is 19.2 Å². The summed E-state index contributed by atoms with van der Waals surface area (Å²) < 4.78 is 12.9. The first-order chi connectivity index (χ1) is 13.4. The summed E-state index contributed by atoms with van der Waals surface area (Å²) in [6.07, 6.45) is 0.685. The molecule has 0 radical (unpaired) electrons. The number of nitrogens with one attached hydrogen (secondary N) is 1. The van der Waals surface area contributed by atoms with Crippen LogP contribution in [0.5, 0.6) is 0 Å². The van der Waals surface area contributed by atoms with Crippen LogP contribution >= 0.6 is 0 Å². The largest absolute Gasteiger partial charge is 0.353 e. The minimum Gasteiger partial charge on any atom is -0.353 e. The van der Waals surface area contributed by atoms with Gasteiger partial charge in [-0.1, -0.05) is 26.0 Å². The van der Waals surface area contributed by atoms with E-state index in [9.17, 15) is 9.18 Å². The Morgan fingerprint density at radius 3 is 2.46 bits per heavy atom. The summed E-state index contributed by atoms with van der Waals surface area (Å²) in [6, 6.07) is 8.32. The number of amides is 2. The minimum absolute atomic E-state index is 0.0523. The Balaban J connectivity index is 1.48. The van der Waals surface area contributed by atoms with Crippen molar-refractivity contribution in [2.75, 3.05) is 37.6 Å². The van der Waals surface area contributed by atoms with Gasteiger partial charge in [0, 0.05) is 50.4 Å². The lowest BCUT2D eigenvalue weighted by molar-refractivity contribution is 0.194. The van der Waals surface area contributed by atoms with Crippen LogP contribution in [-0.2, 0) is 6.42 Å². The van der Waals surface area contributed by atoms with E-state index in [2.05, 4.69) is 34.0 Å². The maximum absolute atomic E-state index is 12.9. The number of rotatable bonds is 5. The summed E-state index contributed by atoms with van der Waals surface area (Å²) in [5.41, 5.74) is 1.97. The molecule has 2 aromatic rings. The topological polar surface area (TPSA) is 61.4 Å². The SMILES string of the molecule is Cc1cc(N2CCN(C(=O)NCCc3ccc(F)cc3)CC2)nc(C(C)C)n1. The number of piperazine rings is 1. The van der Waals surface area contributed by atoms with Crippen molar-refractivity contribution < 1.29 is 9.18 Å². The van der Waals surface area contributed by atoms with E-state index >= 15 is 0 Å². The molecule has 0 aliphatic carbocycles. The van der Waals surface area contributed by atoms with E-state index in [4.69, 9.17) is 0 Å². The van der Waals surface area contributed by atoms with E-state index in [1.807, 2.05) is 17.9 Å². The van der Waals surface area contributed by atoms with Crippen LogP contribution in [0.15, 0.2) is 30.3 Å². The Morgan fingerprint density at radius 1 is 1.14 bits per heavy atom. The van der Waals surface area contributed by atoms with E-state index in [1.54, 1.807) is 12.1 Å². The summed E-state index contributed by atoms with van der Waals surface area (Å²) >= 11 is 0. The van der Waals surface area contributed by atoms with Crippen LogP contribution in [0.3, 0.4) is 0 Å². The molecule has 2 amide bonds. The standard InChI is InChI=1S/C21H28FN5O/c1-15(2)20-24-16(3)14-19(25-20)26-10-12-27(13-11-26)21(28)23-9-8-17-4-6-18(22)7-5-17/h4-7,14-15H,8-13H2,1-3H3,(H,23,28). The number of nitrogens with zero attached hydrogens (tertiary/aromatic N) is 4. The molecule has 3 rings (SSSR count). The second kappa shape index (κ2) is 8.99. The molecular formula is C21H28FN5O. The summed E-state index contributed by atoms with van der Waals surface area (Å²) in [7, 11) is 0. The number of urea groups is 1. The number of hydrogen-bond acceptors (Lipinski definition) is 4. The average Bonchev–Trinajstić information content (AvgIpc) is 2.69. The predicted octanol–water partition coefficient (Wildman–Crippen LogP) is 3.12. The summed E-state index contributed by atoms with van der Waals surface area (Å²) in [4.78, 5) is 25.6. The zero-order valence-corrected chi connectivity index (χ0v) is 16.8. The van der Waals surface area contributed by atoms with Gasteiger partial charge in [-0.3, -0.25) is 0 Å². The summed E-state index contributed by atoms with van der Waals surface area (Å²) in [5.74, 6) is 1.83. The molecule has 1 N–H and O–H groups in total. The number of hydrogen-bond donors (Lipinski definition) is 1. The van der Waals surface area contributed by atoms with Gasteiger partial charge in [0.15, 0.2) is 0 Å². The van der Waals surface area contributed by atoms with Crippen molar-refractivity contribution in [3.05, 3.63) is 53.2 Å². The zero-order chi connectivity index (χ0) is 20.1. The fourth-order valence-electron chi connectivity index (χ4n) is 3.21. The van der Waals surface area contributed by atoms with Crippen LogP contribution in [0.4, 0.5) is 15.0 Å². The van der Waals surface area contributed by atoms with Crippen LogP contribution in [0.2, 0.25) is 0 Å². The molecule has 150 valence electrons. The van der Waals surface area contributed by atoms with Gasteiger partial charge in [0.25, 0.3) is 0 Å². The van der Waals surface area contributed by atoms with Gasteiger partial charge in [0.2, 0.25) is 0 Å². The third-order valence-electron chi connectivity index (χ3n) is 4.87. The van der Waals surface area contributed by atoms with Gasteiger partial charge in [0.05, 0.1) is 0 Å². The van der Waals surface area contributed by atoms with Gasteiger partial charge in [-0.05, 0) is 31.0 Å². The summed E-state index contributed by atoms with van der Waals surface area (Å²) in [5, 5.41) is 2.95. The number of benzene rings is 1. The van der Waals surface area contributed by atoms with Gasteiger partial charge in [0.1, 0.15) is 17.5 Å². The van der Waals surface area contributed by atoms with Crippen molar-refractivity contribution in [2.45, 2.75) is 33.1 Å². The van der Waals surface area contributed by atoms with Gasteiger partial charge in [-0.2, -0.15) is 0 Å². The molecule has 0 spiro atoms. The van der Waals surface area contributed by atoms with E-state index in [0.29, 0.717) is 26.1 Å². The normalized spacial score (nSPS) is 14.5. The smallest absolute Gasteiger partial charge is 0.317 e. The molecule has 0 atom stereocenters. The van der Waals surface area contributed by atoms with Crippen molar-refractivity contribution in [3.8, 4) is 0 Å². The highest BCUT2D eigenvalue weighted by atomic mass is 19.1. The molecular weight excluding hydrogens is 357 g/mol. The van der Waals surface area contributed by atoms with Crippen LogP contribution in [0.1, 0.15) is 36.8 Å². The third-order valence-corrected chi connectivity index (χ3v) is 4.87. The van der Waals surface area contributed by atoms with Crippen molar-refractivity contribution in [1.82, 2.24) is 20.2 Å². The number of aromatic nitrogens is 2. The molecule has 1 aromatic carbocycles. The Hall–Kier alpha value is -2.70. The Bertz CT molecular complexity index is 801. The minimum atomic E-state index is -0.245. The van der Waals surface area contributed by atoms with E-state index in [-0.39, 0.29) is 17.8 Å².